The van der Waals surface area contributed by atoms with Gasteiger partial charge in [0.05, 0.1) is 13.2 Å². The van der Waals surface area contributed by atoms with Crippen molar-refractivity contribution in [3.8, 4) is 11.5 Å². The molecule has 0 amide bonds. The van der Waals surface area contributed by atoms with Crippen molar-refractivity contribution in [1.82, 2.24) is 0 Å². The van der Waals surface area contributed by atoms with E-state index in [0.29, 0.717) is 22.6 Å². The van der Waals surface area contributed by atoms with Crippen molar-refractivity contribution in [2.75, 3.05) is 26.4 Å². The second kappa shape index (κ2) is 8.17. The first-order valence-corrected chi connectivity index (χ1v) is 6.96. The molecule has 0 heterocycles. The van der Waals surface area contributed by atoms with Gasteiger partial charge >= 0.3 is 0 Å². The summed E-state index contributed by atoms with van der Waals surface area (Å²) in [7, 11) is 0. The van der Waals surface area contributed by atoms with Crippen LogP contribution in [0.25, 0.3) is 0 Å². The number of benzene rings is 2. The highest BCUT2D eigenvalue weighted by molar-refractivity contribution is 6.09. The summed E-state index contributed by atoms with van der Waals surface area (Å²) in [5.74, 6) is 0.719. The first-order valence-electron chi connectivity index (χ1n) is 6.96. The van der Waals surface area contributed by atoms with E-state index in [4.69, 9.17) is 19.7 Å². The van der Waals surface area contributed by atoms with Crippen molar-refractivity contribution < 1.29 is 24.5 Å². The highest BCUT2D eigenvalue weighted by atomic mass is 16.5. The largest absolute Gasteiger partial charge is 0.491 e. The molecule has 0 fully saturated rings. The molecule has 2 aromatic carbocycles. The van der Waals surface area contributed by atoms with Crippen LogP contribution >= 0.6 is 0 Å². The minimum absolute atomic E-state index is 0.121. The molecule has 2 N–H and O–H groups in total. The van der Waals surface area contributed by atoms with E-state index in [1.165, 1.54) is 0 Å². The molecular formula is C17H18O5. The highest BCUT2D eigenvalue weighted by Crippen LogP contribution is 2.25. The smallest absolute Gasteiger partial charge is 0.193 e. The monoisotopic (exact) mass is 302 g/mol. The number of carbonyl (C=O) groups excluding carboxylic acids is 1. The number of rotatable bonds is 8. The lowest BCUT2D eigenvalue weighted by Crippen LogP contribution is -2.07. The number of aliphatic hydroxyl groups excluding tert-OH is 2. The Hall–Kier alpha value is -2.37. The lowest BCUT2D eigenvalue weighted by molar-refractivity contribution is 0.103. The predicted molar refractivity (Wildman–Crippen MR) is 81.5 cm³/mol. The van der Waals surface area contributed by atoms with Crippen molar-refractivity contribution in [2.24, 2.45) is 0 Å². The Morgan fingerprint density at radius 2 is 1.36 bits per heavy atom. The number of hydrogen-bond acceptors (Lipinski definition) is 5. The van der Waals surface area contributed by atoms with Crippen molar-refractivity contribution in [1.29, 1.82) is 0 Å². The van der Waals surface area contributed by atoms with Gasteiger partial charge in [0.1, 0.15) is 24.7 Å². The molecule has 0 atom stereocenters. The summed E-state index contributed by atoms with van der Waals surface area (Å²) in [4.78, 5) is 12.5. The molecule has 5 nitrogen and oxygen atoms in total. The van der Waals surface area contributed by atoms with Crippen LogP contribution in [-0.4, -0.2) is 42.4 Å². The minimum atomic E-state index is -0.149. The Kier molecular flexibility index (Phi) is 5.94. The van der Waals surface area contributed by atoms with E-state index in [0.717, 1.165) is 0 Å². The van der Waals surface area contributed by atoms with Crippen LogP contribution in [-0.2, 0) is 0 Å². The molecule has 2 rings (SSSR count). The van der Waals surface area contributed by atoms with Gasteiger partial charge in [-0.3, -0.25) is 4.79 Å². The standard InChI is InChI=1S/C17H18O5/c18-6-8-21-15-10-14(11-16(12-15)22-9-7-19)17(20)13-4-2-1-3-5-13/h1-5,10-12,18-19H,6-9H2. The quantitative estimate of drug-likeness (QED) is 0.725. The Morgan fingerprint density at radius 3 is 1.86 bits per heavy atom. The lowest BCUT2D eigenvalue weighted by atomic mass is 10.0. The van der Waals surface area contributed by atoms with Crippen molar-refractivity contribution >= 4 is 5.78 Å². The Morgan fingerprint density at radius 1 is 0.818 bits per heavy atom. The summed E-state index contributed by atoms with van der Waals surface area (Å²) in [6.45, 7) is 0.0121. The Balaban J connectivity index is 2.30. The normalized spacial score (nSPS) is 10.3. The molecule has 0 aliphatic carbocycles. The second-order valence-corrected chi connectivity index (χ2v) is 4.53. The van der Waals surface area contributed by atoms with Crippen LogP contribution in [0.3, 0.4) is 0 Å². The van der Waals surface area contributed by atoms with Crippen molar-refractivity contribution in [2.45, 2.75) is 0 Å². The van der Waals surface area contributed by atoms with Crippen LogP contribution < -0.4 is 9.47 Å². The molecule has 0 radical (unpaired) electrons. The van der Waals surface area contributed by atoms with Gasteiger partial charge in [-0.15, -0.1) is 0 Å². The van der Waals surface area contributed by atoms with E-state index in [1.807, 2.05) is 6.07 Å². The van der Waals surface area contributed by atoms with Crippen LogP contribution in [0.5, 0.6) is 11.5 Å². The van der Waals surface area contributed by atoms with Gasteiger partial charge in [-0.25, -0.2) is 0 Å². The molecular weight excluding hydrogens is 284 g/mol. The fourth-order valence-electron chi connectivity index (χ4n) is 1.95. The summed E-state index contributed by atoms with van der Waals surface area (Å²) in [5, 5.41) is 17.7. The minimum Gasteiger partial charge on any atom is -0.491 e. The van der Waals surface area contributed by atoms with Crippen molar-refractivity contribution in [3.63, 3.8) is 0 Å². The maximum absolute atomic E-state index is 12.5. The number of aliphatic hydroxyl groups is 2. The molecule has 116 valence electrons. The molecule has 2 aromatic rings. The van der Waals surface area contributed by atoms with Gasteiger partial charge in [0.2, 0.25) is 0 Å². The first-order chi connectivity index (χ1) is 10.7. The van der Waals surface area contributed by atoms with E-state index in [1.54, 1.807) is 42.5 Å². The van der Waals surface area contributed by atoms with Gasteiger partial charge < -0.3 is 19.7 Å². The average Bonchev–Trinajstić information content (AvgIpc) is 2.58. The molecule has 0 aliphatic heterocycles. The third-order valence-corrected chi connectivity index (χ3v) is 2.90. The SMILES string of the molecule is O=C(c1ccccc1)c1cc(OCCO)cc(OCCO)c1. The molecule has 0 saturated carbocycles. The maximum atomic E-state index is 12.5. The zero-order chi connectivity index (χ0) is 15.8. The second-order valence-electron chi connectivity index (χ2n) is 4.53. The molecule has 0 bridgehead atoms. The molecule has 0 aromatic heterocycles. The Labute approximate surface area is 128 Å². The summed E-state index contributed by atoms with van der Waals surface area (Å²) >= 11 is 0. The molecule has 5 heteroatoms. The molecule has 22 heavy (non-hydrogen) atoms. The van der Waals surface area contributed by atoms with Crippen LogP contribution in [0.15, 0.2) is 48.5 Å². The third kappa shape index (κ3) is 4.31. The number of hydrogen-bond donors (Lipinski definition) is 2. The number of carbonyl (C=O) groups is 1. The number of ketones is 1. The topological polar surface area (TPSA) is 76.0 Å². The lowest BCUT2D eigenvalue weighted by Gasteiger charge is -2.11. The van der Waals surface area contributed by atoms with Crippen LogP contribution in [0, 0.1) is 0 Å². The van der Waals surface area contributed by atoms with Gasteiger partial charge in [0.15, 0.2) is 5.78 Å². The zero-order valence-corrected chi connectivity index (χ0v) is 12.1. The van der Waals surface area contributed by atoms with Gasteiger partial charge in [-0.1, -0.05) is 30.3 Å². The molecule has 0 spiro atoms. The molecule has 0 aliphatic rings. The fourth-order valence-corrected chi connectivity index (χ4v) is 1.95. The summed E-state index contributed by atoms with van der Waals surface area (Å²) < 4.78 is 10.7. The van der Waals surface area contributed by atoms with E-state index < -0.39 is 0 Å². The van der Waals surface area contributed by atoms with Crippen LogP contribution in [0.1, 0.15) is 15.9 Å². The summed E-state index contributed by atoms with van der Waals surface area (Å²) in [5.41, 5.74) is 0.990. The van der Waals surface area contributed by atoms with E-state index in [2.05, 4.69) is 0 Å². The van der Waals surface area contributed by atoms with E-state index in [-0.39, 0.29) is 32.2 Å². The van der Waals surface area contributed by atoms with Gasteiger partial charge in [-0.2, -0.15) is 0 Å². The fraction of sp³-hybridized carbons (Fsp3) is 0.235. The third-order valence-electron chi connectivity index (χ3n) is 2.90. The molecule has 0 unspecified atom stereocenters. The van der Waals surface area contributed by atoms with Gasteiger partial charge in [0, 0.05) is 17.2 Å². The first kappa shape index (κ1) is 16.0. The summed E-state index contributed by atoms with van der Waals surface area (Å²) in [6.07, 6.45) is 0. The van der Waals surface area contributed by atoms with Crippen LogP contribution in [0.4, 0.5) is 0 Å². The van der Waals surface area contributed by atoms with E-state index >= 15 is 0 Å². The Bertz CT molecular complexity index is 583. The maximum Gasteiger partial charge on any atom is 0.193 e. The van der Waals surface area contributed by atoms with Crippen molar-refractivity contribution in [3.05, 3.63) is 59.7 Å². The average molecular weight is 302 g/mol. The van der Waals surface area contributed by atoms with Crippen LogP contribution in [0.2, 0.25) is 0 Å². The predicted octanol–water partition coefficient (Wildman–Crippen LogP) is 1.66. The number of ether oxygens (including phenoxy) is 2. The summed E-state index contributed by atoms with van der Waals surface area (Å²) in [6, 6.07) is 13.7. The molecule has 0 saturated heterocycles. The van der Waals surface area contributed by atoms with Gasteiger partial charge in [-0.05, 0) is 12.1 Å². The highest BCUT2D eigenvalue weighted by Gasteiger charge is 2.12. The van der Waals surface area contributed by atoms with E-state index in [9.17, 15) is 4.79 Å². The zero-order valence-electron chi connectivity index (χ0n) is 12.1. The van der Waals surface area contributed by atoms with Gasteiger partial charge in [0.25, 0.3) is 0 Å².